The Labute approximate surface area is 126 Å². The van der Waals surface area contributed by atoms with Crippen LogP contribution in [0.4, 0.5) is 0 Å². The van der Waals surface area contributed by atoms with E-state index in [0.29, 0.717) is 6.54 Å². The van der Waals surface area contributed by atoms with Gasteiger partial charge in [-0.3, -0.25) is 4.79 Å². The second-order valence-corrected chi connectivity index (χ2v) is 5.26. The minimum absolute atomic E-state index is 0.103. The van der Waals surface area contributed by atoms with Crippen LogP contribution in [0.25, 0.3) is 0 Å². The third-order valence-electron chi connectivity index (χ3n) is 3.85. The maximum Gasteiger partial charge on any atom is 0.224 e. The number of ether oxygens (including phenoxy) is 2. The van der Waals surface area contributed by atoms with Crippen LogP contribution in [0.1, 0.15) is 18.4 Å². The van der Waals surface area contributed by atoms with Gasteiger partial charge in [0.25, 0.3) is 0 Å². The molecular weight excluding hydrogens is 268 g/mol. The van der Waals surface area contributed by atoms with Gasteiger partial charge in [-0.05, 0) is 49.6 Å². The lowest BCUT2D eigenvalue weighted by atomic mass is 9.99. The van der Waals surface area contributed by atoms with Gasteiger partial charge in [0.05, 0.1) is 20.1 Å². The zero-order valence-corrected chi connectivity index (χ0v) is 12.8. The van der Waals surface area contributed by atoms with E-state index in [-0.39, 0.29) is 11.8 Å². The zero-order chi connectivity index (χ0) is 15.1. The molecule has 21 heavy (non-hydrogen) atoms. The fourth-order valence-corrected chi connectivity index (χ4v) is 2.62. The van der Waals surface area contributed by atoms with Gasteiger partial charge in [0.15, 0.2) is 0 Å². The van der Waals surface area contributed by atoms with E-state index < -0.39 is 0 Å². The topological polar surface area (TPSA) is 59.6 Å². The molecule has 116 valence electrons. The van der Waals surface area contributed by atoms with Crippen LogP contribution < -0.4 is 20.1 Å². The van der Waals surface area contributed by atoms with Crippen molar-refractivity contribution in [2.75, 3.05) is 33.9 Å². The Balaban J connectivity index is 1.86. The third kappa shape index (κ3) is 4.36. The summed E-state index contributed by atoms with van der Waals surface area (Å²) in [5.41, 5.74) is 1.04. The van der Waals surface area contributed by atoms with E-state index in [1.807, 2.05) is 18.2 Å². The molecule has 5 heteroatoms. The van der Waals surface area contributed by atoms with Gasteiger partial charge in [0.2, 0.25) is 5.91 Å². The Bertz CT molecular complexity index is 471. The molecule has 0 radical (unpaired) electrons. The molecule has 1 aliphatic heterocycles. The summed E-state index contributed by atoms with van der Waals surface area (Å²) in [6.45, 7) is 2.41. The van der Waals surface area contributed by atoms with Crippen molar-refractivity contribution in [3.8, 4) is 11.5 Å². The highest BCUT2D eigenvalue weighted by atomic mass is 16.5. The van der Waals surface area contributed by atoms with E-state index in [9.17, 15) is 4.79 Å². The van der Waals surface area contributed by atoms with Gasteiger partial charge in [-0.25, -0.2) is 0 Å². The largest absolute Gasteiger partial charge is 0.497 e. The number of hydrogen-bond acceptors (Lipinski definition) is 4. The van der Waals surface area contributed by atoms with Gasteiger partial charge >= 0.3 is 0 Å². The monoisotopic (exact) mass is 292 g/mol. The summed E-state index contributed by atoms with van der Waals surface area (Å²) >= 11 is 0. The molecule has 2 N–H and O–H groups in total. The molecule has 1 atom stereocenters. The van der Waals surface area contributed by atoms with E-state index in [4.69, 9.17) is 9.47 Å². The minimum Gasteiger partial charge on any atom is -0.497 e. The Kier molecular flexibility index (Phi) is 5.87. The van der Waals surface area contributed by atoms with Crippen LogP contribution >= 0.6 is 0 Å². The number of benzene rings is 1. The Morgan fingerprint density at radius 1 is 1.38 bits per heavy atom. The lowest BCUT2D eigenvalue weighted by Gasteiger charge is -2.22. The highest BCUT2D eigenvalue weighted by Crippen LogP contribution is 2.24. The Morgan fingerprint density at radius 3 is 2.90 bits per heavy atom. The van der Waals surface area contributed by atoms with E-state index >= 15 is 0 Å². The summed E-state index contributed by atoms with van der Waals surface area (Å²) in [4.78, 5) is 12.1. The second-order valence-electron chi connectivity index (χ2n) is 5.26. The standard InChI is InChI=1S/C16H24N2O3/c1-20-14-5-6-15(21-2)12(10-14)7-9-18-16(19)13-4-3-8-17-11-13/h5-6,10,13,17H,3-4,7-9,11H2,1-2H3,(H,18,19). The smallest absolute Gasteiger partial charge is 0.224 e. The molecule has 1 aromatic rings. The number of amides is 1. The first kappa shape index (κ1) is 15.6. The number of carbonyl (C=O) groups is 1. The highest BCUT2D eigenvalue weighted by Gasteiger charge is 2.20. The highest BCUT2D eigenvalue weighted by molar-refractivity contribution is 5.79. The molecule has 1 heterocycles. The van der Waals surface area contributed by atoms with E-state index in [2.05, 4.69) is 10.6 Å². The van der Waals surface area contributed by atoms with Crippen molar-refractivity contribution < 1.29 is 14.3 Å². The van der Waals surface area contributed by atoms with Crippen molar-refractivity contribution in [1.29, 1.82) is 0 Å². The van der Waals surface area contributed by atoms with Crippen LogP contribution in [0.5, 0.6) is 11.5 Å². The van der Waals surface area contributed by atoms with Crippen LogP contribution in [0.2, 0.25) is 0 Å². The maximum atomic E-state index is 12.1. The molecule has 2 rings (SSSR count). The predicted molar refractivity (Wildman–Crippen MR) is 81.9 cm³/mol. The van der Waals surface area contributed by atoms with Crippen LogP contribution in [0.15, 0.2) is 18.2 Å². The van der Waals surface area contributed by atoms with Gasteiger partial charge < -0.3 is 20.1 Å². The first-order chi connectivity index (χ1) is 10.2. The molecule has 1 unspecified atom stereocenters. The lowest BCUT2D eigenvalue weighted by Crippen LogP contribution is -2.41. The minimum atomic E-state index is 0.103. The number of piperidine rings is 1. The summed E-state index contributed by atoms with van der Waals surface area (Å²) in [6.07, 6.45) is 2.77. The summed E-state index contributed by atoms with van der Waals surface area (Å²) < 4.78 is 10.6. The fraction of sp³-hybridized carbons (Fsp3) is 0.562. The molecule has 0 spiro atoms. The van der Waals surface area contributed by atoms with Crippen LogP contribution in [-0.2, 0) is 11.2 Å². The number of methoxy groups -OCH3 is 2. The van der Waals surface area contributed by atoms with Gasteiger partial charge in [-0.2, -0.15) is 0 Å². The molecule has 1 saturated heterocycles. The Hall–Kier alpha value is -1.75. The van der Waals surface area contributed by atoms with Crippen LogP contribution in [0, 0.1) is 5.92 Å². The molecule has 5 nitrogen and oxygen atoms in total. The molecule has 0 aromatic heterocycles. The molecule has 0 saturated carbocycles. The lowest BCUT2D eigenvalue weighted by molar-refractivity contribution is -0.125. The number of hydrogen-bond donors (Lipinski definition) is 2. The van der Waals surface area contributed by atoms with Crippen molar-refractivity contribution >= 4 is 5.91 Å². The first-order valence-electron chi connectivity index (χ1n) is 7.44. The summed E-state index contributed by atoms with van der Waals surface area (Å²) in [5, 5.41) is 6.27. The van der Waals surface area contributed by atoms with Crippen molar-refractivity contribution in [2.24, 2.45) is 5.92 Å². The summed E-state index contributed by atoms with van der Waals surface area (Å²) in [7, 11) is 3.29. The maximum absolute atomic E-state index is 12.1. The summed E-state index contributed by atoms with van der Waals surface area (Å²) in [5.74, 6) is 1.87. The molecular formula is C16H24N2O3. The van der Waals surface area contributed by atoms with Crippen molar-refractivity contribution in [3.05, 3.63) is 23.8 Å². The first-order valence-corrected chi connectivity index (χ1v) is 7.44. The van der Waals surface area contributed by atoms with Crippen molar-refractivity contribution in [2.45, 2.75) is 19.3 Å². The van der Waals surface area contributed by atoms with Crippen LogP contribution in [0.3, 0.4) is 0 Å². The average molecular weight is 292 g/mol. The SMILES string of the molecule is COc1ccc(OC)c(CCNC(=O)C2CCCNC2)c1. The van der Waals surface area contributed by atoms with Crippen LogP contribution in [-0.4, -0.2) is 39.8 Å². The Morgan fingerprint density at radius 2 is 2.24 bits per heavy atom. The van der Waals surface area contributed by atoms with E-state index in [0.717, 1.165) is 49.4 Å². The van der Waals surface area contributed by atoms with Gasteiger partial charge in [0.1, 0.15) is 11.5 Å². The van der Waals surface area contributed by atoms with E-state index in [1.165, 1.54) is 0 Å². The molecule has 1 aliphatic rings. The normalized spacial score (nSPS) is 18.1. The number of carbonyl (C=O) groups excluding carboxylic acids is 1. The van der Waals surface area contributed by atoms with Gasteiger partial charge in [-0.1, -0.05) is 0 Å². The van der Waals surface area contributed by atoms with E-state index in [1.54, 1.807) is 14.2 Å². The number of rotatable bonds is 6. The molecule has 0 bridgehead atoms. The predicted octanol–water partition coefficient (Wildman–Crippen LogP) is 1.36. The van der Waals surface area contributed by atoms with Crippen molar-refractivity contribution in [1.82, 2.24) is 10.6 Å². The quantitative estimate of drug-likeness (QED) is 0.831. The van der Waals surface area contributed by atoms with Gasteiger partial charge in [0, 0.05) is 13.1 Å². The number of nitrogens with one attached hydrogen (secondary N) is 2. The molecule has 1 amide bonds. The third-order valence-corrected chi connectivity index (χ3v) is 3.85. The molecule has 0 aliphatic carbocycles. The summed E-state index contributed by atoms with van der Waals surface area (Å²) in [6, 6.07) is 5.71. The fourth-order valence-electron chi connectivity index (χ4n) is 2.62. The van der Waals surface area contributed by atoms with Crippen molar-refractivity contribution in [3.63, 3.8) is 0 Å². The zero-order valence-electron chi connectivity index (χ0n) is 12.8. The molecule has 1 aromatic carbocycles. The second kappa shape index (κ2) is 7.88. The van der Waals surface area contributed by atoms with Gasteiger partial charge in [-0.15, -0.1) is 0 Å². The average Bonchev–Trinajstić information content (AvgIpc) is 2.55. The molecule has 1 fully saturated rings.